The second-order valence-electron chi connectivity index (χ2n) is 4.87. The van der Waals surface area contributed by atoms with E-state index in [1.807, 2.05) is 0 Å². The van der Waals surface area contributed by atoms with Crippen LogP contribution in [0.4, 0.5) is 0 Å². The van der Waals surface area contributed by atoms with E-state index in [9.17, 15) is 13.0 Å². The van der Waals surface area contributed by atoms with Gasteiger partial charge in [-0.2, -0.15) is 0 Å². The van der Waals surface area contributed by atoms with Crippen LogP contribution in [-0.4, -0.2) is 30.4 Å². The molecule has 0 aromatic rings. The molecule has 0 fully saturated rings. The summed E-state index contributed by atoms with van der Waals surface area (Å²) in [5.41, 5.74) is 0. The minimum atomic E-state index is -4.00. The van der Waals surface area contributed by atoms with Crippen molar-refractivity contribution in [3.63, 3.8) is 0 Å². The number of hydrogen-bond donors (Lipinski definition) is 1. The van der Waals surface area contributed by atoms with Crippen molar-refractivity contribution in [2.75, 3.05) is 12.4 Å². The summed E-state index contributed by atoms with van der Waals surface area (Å²) in [6.45, 7) is 0.305. The van der Waals surface area contributed by atoms with Crippen LogP contribution in [0.15, 0.2) is 0 Å². The summed E-state index contributed by atoms with van der Waals surface area (Å²) >= 11 is 0. The number of hydrogen-bond acceptors (Lipinski definition) is 4. The quantitative estimate of drug-likeness (QED) is 0.291. The van der Waals surface area contributed by atoms with Crippen LogP contribution in [0.25, 0.3) is 0 Å². The van der Waals surface area contributed by atoms with Crippen LogP contribution >= 0.6 is 0 Å². The zero-order valence-corrected chi connectivity index (χ0v) is 15.1. The summed E-state index contributed by atoms with van der Waals surface area (Å²) in [6.07, 6.45) is 11.7. The molecule has 0 rings (SSSR count). The second-order valence-corrected chi connectivity index (χ2v) is 6.40. The van der Waals surface area contributed by atoms with Gasteiger partial charge in [0.05, 0.1) is 10.1 Å². The SMILES string of the molecule is O=S(=O)([O-])CCCCCCCCCCCCCO.[Na+]. The average Bonchev–Trinajstić information content (AvgIpc) is 2.29. The van der Waals surface area contributed by atoms with Crippen molar-refractivity contribution >= 4 is 10.1 Å². The van der Waals surface area contributed by atoms with Crippen molar-refractivity contribution in [3.8, 4) is 0 Å². The monoisotopic (exact) mass is 302 g/mol. The molecule has 0 aromatic carbocycles. The Balaban J connectivity index is 0. The Morgan fingerprint density at radius 1 is 0.684 bits per heavy atom. The standard InChI is InChI=1S/C13H28O4S.Na/c14-12-10-8-6-4-2-1-3-5-7-9-11-13-18(15,16)17;/h14H,1-13H2,(H,15,16,17);/q;+1/p-1. The molecule has 0 saturated heterocycles. The van der Waals surface area contributed by atoms with Crippen LogP contribution < -0.4 is 29.6 Å². The van der Waals surface area contributed by atoms with Crippen molar-refractivity contribution in [2.24, 2.45) is 0 Å². The maximum Gasteiger partial charge on any atom is 1.00 e. The summed E-state index contributed by atoms with van der Waals surface area (Å²) in [7, 11) is -4.00. The average molecular weight is 302 g/mol. The van der Waals surface area contributed by atoms with Crippen molar-refractivity contribution in [1.82, 2.24) is 0 Å². The predicted molar refractivity (Wildman–Crippen MR) is 72.4 cm³/mol. The minimum Gasteiger partial charge on any atom is -0.748 e. The third kappa shape index (κ3) is 21.3. The van der Waals surface area contributed by atoms with Crippen LogP contribution in [0.3, 0.4) is 0 Å². The van der Waals surface area contributed by atoms with Gasteiger partial charge in [-0.3, -0.25) is 0 Å². The molecule has 0 aliphatic heterocycles. The molecule has 110 valence electrons. The Morgan fingerprint density at radius 3 is 1.32 bits per heavy atom. The molecule has 0 spiro atoms. The summed E-state index contributed by atoms with van der Waals surface area (Å²) in [5, 5.41) is 8.60. The van der Waals surface area contributed by atoms with E-state index in [1.54, 1.807) is 0 Å². The molecule has 0 aromatic heterocycles. The molecular formula is C13H27NaO4S. The van der Waals surface area contributed by atoms with Crippen molar-refractivity contribution in [1.29, 1.82) is 0 Å². The van der Waals surface area contributed by atoms with Gasteiger partial charge in [-0.25, -0.2) is 8.42 Å². The molecule has 0 heterocycles. The summed E-state index contributed by atoms with van der Waals surface area (Å²) in [4.78, 5) is 0. The molecule has 0 amide bonds. The fraction of sp³-hybridized carbons (Fsp3) is 1.00. The van der Waals surface area contributed by atoms with Crippen LogP contribution in [0.5, 0.6) is 0 Å². The van der Waals surface area contributed by atoms with E-state index in [0.717, 1.165) is 32.1 Å². The van der Waals surface area contributed by atoms with Crippen LogP contribution in [-0.2, 0) is 10.1 Å². The zero-order chi connectivity index (χ0) is 13.7. The number of rotatable bonds is 13. The first-order chi connectivity index (χ1) is 8.56. The van der Waals surface area contributed by atoms with Crippen molar-refractivity contribution < 1.29 is 47.6 Å². The van der Waals surface area contributed by atoms with Gasteiger partial charge in [0.2, 0.25) is 0 Å². The van der Waals surface area contributed by atoms with Crippen LogP contribution in [0.1, 0.15) is 70.6 Å². The van der Waals surface area contributed by atoms with E-state index in [4.69, 9.17) is 5.11 Å². The summed E-state index contributed by atoms with van der Waals surface area (Å²) in [5.74, 6) is -0.210. The molecule has 0 radical (unpaired) electrons. The summed E-state index contributed by atoms with van der Waals surface area (Å²) in [6, 6.07) is 0. The number of unbranched alkanes of at least 4 members (excludes halogenated alkanes) is 10. The first-order valence-electron chi connectivity index (χ1n) is 7.10. The predicted octanol–water partition coefficient (Wildman–Crippen LogP) is -0.181. The normalized spacial score (nSPS) is 11.3. The summed E-state index contributed by atoms with van der Waals surface area (Å²) < 4.78 is 31.0. The van der Waals surface area contributed by atoms with Gasteiger partial charge >= 0.3 is 29.6 Å². The molecule has 0 bridgehead atoms. The smallest absolute Gasteiger partial charge is 0.748 e. The first-order valence-corrected chi connectivity index (χ1v) is 8.68. The molecule has 0 atom stereocenters. The van der Waals surface area contributed by atoms with Gasteiger partial charge in [-0.15, -0.1) is 0 Å². The van der Waals surface area contributed by atoms with Gasteiger partial charge in [0.25, 0.3) is 0 Å². The maximum absolute atomic E-state index is 10.3. The van der Waals surface area contributed by atoms with Crippen molar-refractivity contribution in [3.05, 3.63) is 0 Å². The van der Waals surface area contributed by atoms with E-state index in [-0.39, 0.29) is 35.3 Å². The van der Waals surface area contributed by atoms with Crippen molar-refractivity contribution in [2.45, 2.75) is 70.6 Å². The van der Waals surface area contributed by atoms with Gasteiger partial charge in [0, 0.05) is 12.4 Å². The molecule has 19 heavy (non-hydrogen) atoms. The van der Waals surface area contributed by atoms with E-state index >= 15 is 0 Å². The third-order valence-corrected chi connectivity index (χ3v) is 3.84. The molecule has 0 unspecified atom stereocenters. The van der Waals surface area contributed by atoms with Crippen LogP contribution in [0.2, 0.25) is 0 Å². The first kappa shape index (κ1) is 22.2. The van der Waals surface area contributed by atoms with Gasteiger partial charge in [0.1, 0.15) is 0 Å². The third-order valence-electron chi connectivity index (χ3n) is 3.05. The second kappa shape index (κ2) is 15.3. The molecule has 0 aliphatic rings. The number of aliphatic hydroxyl groups excluding tert-OH is 1. The van der Waals surface area contributed by atoms with E-state index < -0.39 is 10.1 Å². The largest absolute Gasteiger partial charge is 1.00 e. The molecular weight excluding hydrogens is 275 g/mol. The van der Waals surface area contributed by atoms with Gasteiger partial charge in [0.15, 0.2) is 0 Å². The minimum absolute atomic E-state index is 0. The fourth-order valence-corrected chi connectivity index (χ4v) is 2.54. The topological polar surface area (TPSA) is 77.4 Å². The Morgan fingerprint density at radius 2 is 1.00 bits per heavy atom. The van der Waals surface area contributed by atoms with Gasteiger partial charge in [-0.05, 0) is 12.8 Å². The molecule has 4 nitrogen and oxygen atoms in total. The van der Waals surface area contributed by atoms with Gasteiger partial charge in [-0.1, -0.05) is 57.8 Å². The zero-order valence-electron chi connectivity index (χ0n) is 12.3. The maximum atomic E-state index is 10.3. The Labute approximate surface area is 140 Å². The van der Waals surface area contributed by atoms with E-state index in [0.29, 0.717) is 13.0 Å². The molecule has 1 N–H and O–H groups in total. The van der Waals surface area contributed by atoms with Crippen LogP contribution in [0, 0.1) is 0 Å². The Bertz CT molecular complexity index is 268. The molecule has 0 saturated carbocycles. The van der Waals surface area contributed by atoms with E-state index in [2.05, 4.69) is 0 Å². The fourth-order valence-electron chi connectivity index (χ4n) is 1.98. The van der Waals surface area contributed by atoms with E-state index in [1.165, 1.54) is 32.1 Å². The molecule has 0 aliphatic carbocycles. The molecule has 6 heteroatoms. The Kier molecular flexibility index (Phi) is 17.8. The van der Waals surface area contributed by atoms with Gasteiger partial charge < -0.3 is 9.66 Å². The number of aliphatic hydroxyl groups is 1. The Hall–Kier alpha value is 0.870.